The number of ether oxygens (including phenoxy) is 2. The Labute approximate surface area is 144 Å². The molecule has 5 heteroatoms. The van der Waals surface area contributed by atoms with Crippen molar-refractivity contribution in [2.24, 2.45) is 11.3 Å². The lowest BCUT2D eigenvalue weighted by atomic mass is 9.67. The highest BCUT2D eigenvalue weighted by Crippen LogP contribution is 2.43. The molecule has 0 bridgehead atoms. The van der Waals surface area contributed by atoms with Gasteiger partial charge in [-0.25, -0.2) is 0 Å². The van der Waals surface area contributed by atoms with Crippen LogP contribution in [0.1, 0.15) is 31.2 Å². The number of carbonyl (C=O) groups is 1. The zero-order valence-electron chi connectivity index (χ0n) is 14.5. The van der Waals surface area contributed by atoms with E-state index in [-0.39, 0.29) is 11.3 Å². The molecule has 1 saturated heterocycles. The minimum Gasteiger partial charge on any atom is -0.491 e. The minimum atomic E-state index is -0.204. The Morgan fingerprint density at radius 2 is 2.21 bits per heavy atom. The monoisotopic (exact) mass is 332 g/mol. The van der Waals surface area contributed by atoms with Gasteiger partial charge in [-0.05, 0) is 31.4 Å². The summed E-state index contributed by atoms with van der Waals surface area (Å²) in [5.41, 5.74) is 0.807. The van der Waals surface area contributed by atoms with Crippen molar-refractivity contribution in [2.45, 2.75) is 32.2 Å². The molecule has 0 aromatic heterocycles. The highest BCUT2D eigenvalue weighted by Gasteiger charge is 2.49. The van der Waals surface area contributed by atoms with E-state index in [2.05, 4.69) is 10.6 Å². The number of para-hydroxylation sites is 1. The molecule has 1 amide bonds. The maximum absolute atomic E-state index is 12.9. The fourth-order valence-corrected chi connectivity index (χ4v) is 4.07. The predicted octanol–water partition coefficient (Wildman–Crippen LogP) is 2.11. The molecule has 1 heterocycles. The van der Waals surface area contributed by atoms with E-state index in [0.29, 0.717) is 25.7 Å². The van der Waals surface area contributed by atoms with Gasteiger partial charge in [0.1, 0.15) is 12.4 Å². The van der Waals surface area contributed by atoms with E-state index in [1.807, 2.05) is 24.3 Å². The van der Waals surface area contributed by atoms with E-state index in [4.69, 9.17) is 9.47 Å². The highest BCUT2D eigenvalue weighted by atomic mass is 16.5. The second-order valence-electron chi connectivity index (χ2n) is 6.86. The highest BCUT2D eigenvalue weighted by molar-refractivity contribution is 5.84. The number of benzene rings is 1. The van der Waals surface area contributed by atoms with Crippen LogP contribution in [0.4, 0.5) is 0 Å². The molecule has 1 aliphatic carbocycles. The summed E-state index contributed by atoms with van der Waals surface area (Å²) in [6.07, 6.45) is 4.57. The minimum absolute atomic E-state index is 0.198. The summed E-state index contributed by atoms with van der Waals surface area (Å²) in [5, 5.41) is 6.60. The van der Waals surface area contributed by atoms with Gasteiger partial charge in [0.2, 0.25) is 5.91 Å². The second-order valence-corrected chi connectivity index (χ2v) is 6.86. The summed E-state index contributed by atoms with van der Waals surface area (Å²) in [6.45, 7) is 3.37. The van der Waals surface area contributed by atoms with Crippen LogP contribution in [0.3, 0.4) is 0 Å². The Hall–Kier alpha value is -1.59. The smallest absolute Gasteiger partial charge is 0.228 e. The molecule has 1 aliphatic heterocycles. The maximum Gasteiger partial charge on any atom is 0.228 e. The first-order chi connectivity index (χ1) is 11.8. The second kappa shape index (κ2) is 7.99. The molecule has 2 N–H and O–H groups in total. The van der Waals surface area contributed by atoms with Gasteiger partial charge in [0.25, 0.3) is 0 Å². The van der Waals surface area contributed by atoms with Gasteiger partial charge in [-0.15, -0.1) is 0 Å². The number of hydrogen-bond donors (Lipinski definition) is 2. The summed E-state index contributed by atoms with van der Waals surface area (Å²) in [6, 6.07) is 7.87. The van der Waals surface area contributed by atoms with E-state index in [0.717, 1.165) is 43.7 Å². The SMILES string of the molecule is COCCOc1ccccc1CNC(=O)[C@@]12CCCC[C@H]1CNC2. The number of carbonyl (C=O) groups excluding carboxylic acids is 1. The van der Waals surface area contributed by atoms with Crippen molar-refractivity contribution in [1.29, 1.82) is 0 Å². The Morgan fingerprint density at radius 1 is 1.33 bits per heavy atom. The van der Waals surface area contributed by atoms with Crippen LogP contribution < -0.4 is 15.4 Å². The van der Waals surface area contributed by atoms with Crippen LogP contribution in [0.15, 0.2) is 24.3 Å². The van der Waals surface area contributed by atoms with Crippen molar-refractivity contribution in [2.75, 3.05) is 33.4 Å². The largest absolute Gasteiger partial charge is 0.491 e. The molecule has 24 heavy (non-hydrogen) atoms. The average molecular weight is 332 g/mol. The molecule has 1 aromatic rings. The van der Waals surface area contributed by atoms with Crippen LogP contribution >= 0.6 is 0 Å². The van der Waals surface area contributed by atoms with Crippen molar-refractivity contribution >= 4 is 5.91 Å². The van der Waals surface area contributed by atoms with Crippen LogP contribution in [0.25, 0.3) is 0 Å². The van der Waals surface area contributed by atoms with Crippen molar-refractivity contribution in [1.82, 2.24) is 10.6 Å². The Balaban J connectivity index is 1.62. The van der Waals surface area contributed by atoms with Gasteiger partial charge in [0.15, 0.2) is 0 Å². The van der Waals surface area contributed by atoms with Crippen LogP contribution in [0.5, 0.6) is 5.75 Å². The first kappa shape index (κ1) is 17.2. The van der Waals surface area contributed by atoms with Crippen LogP contribution in [-0.2, 0) is 16.1 Å². The topological polar surface area (TPSA) is 59.6 Å². The Bertz CT molecular complexity index is 563. The molecule has 5 nitrogen and oxygen atoms in total. The third-order valence-corrected chi connectivity index (χ3v) is 5.45. The van der Waals surface area contributed by atoms with Gasteiger partial charge in [0.05, 0.1) is 12.0 Å². The third kappa shape index (κ3) is 3.57. The number of amides is 1. The lowest BCUT2D eigenvalue weighted by Crippen LogP contribution is -2.47. The molecule has 2 aliphatic rings. The maximum atomic E-state index is 12.9. The van der Waals surface area contributed by atoms with Gasteiger partial charge < -0.3 is 20.1 Å². The molecule has 0 spiro atoms. The quantitative estimate of drug-likeness (QED) is 0.751. The van der Waals surface area contributed by atoms with Crippen molar-refractivity contribution < 1.29 is 14.3 Å². The van der Waals surface area contributed by atoms with E-state index in [9.17, 15) is 4.79 Å². The molecular weight excluding hydrogens is 304 g/mol. The van der Waals surface area contributed by atoms with Gasteiger partial charge >= 0.3 is 0 Å². The average Bonchev–Trinajstić information content (AvgIpc) is 3.06. The molecule has 2 fully saturated rings. The van der Waals surface area contributed by atoms with Gasteiger partial charge in [-0.3, -0.25) is 4.79 Å². The molecule has 132 valence electrons. The van der Waals surface area contributed by atoms with Crippen LogP contribution in [0, 0.1) is 11.3 Å². The van der Waals surface area contributed by atoms with Gasteiger partial charge in [-0.1, -0.05) is 31.0 Å². The number of methoxy groups -OCH3 is 1. The zero-order chi connectivity index (χ0) is 16.8. The van der Waals surface area contributed by atoms with Gasteiger partial charge in [0, 0.05) is 25.8 Å². The van der Waals surface area contributed by atoms with Crippen molar-refractivity contribution in [3.05, 3.63) is 29.8 Å². The van der Waals surface area contributed by atoms with Crippen molar-refractivity contribution in [3.63, 3.8) is 0 Å². The van der Waals surface area contributed by atoms with E-state index >= 15 is 0 Å². The number of nitrogens with one attached hydrogen (secondary N) is 2. The number of fused-ring (bicyclic) bond motifs is 1. The molecule has 2 atom stereocenters. The van der Waals surface area contributed by atoms with Gasteiger partial charge in [-0.2, -0.15) is 0 Å². The summed E-state index contributed by atoms with van der Waals surface area (Å²) >= 11 is 0. The summed E-state index contributed by atoms with van der Waals surface area (Å²) in [4.78, 5) is 12.9. The lowest BCUT2D eigenvalue weighted by molar-refractivity contribution is -0.134. The molecule has 0 unspecified atom stereocenters. The summed E-state index contributed by atoms with van der Waals surface area (Å²) in [5.74, 6) is 1.50. The Kier molecular flexibility index (Phi) is 5.74. The summed E-state index contributed by atoms with van der Waals surface area (Å²) < 4.78 is 10.8. The predicted molar refractivity (Wildman–Crippen MR) is 92.9 cm³/mol. The van der Waals surface area contributed by atoms with E-state index < -0.39 is 0 Å². The number of hydrogen-bond acceptors (Lipinski definition) is 4. The molecular formula is C19H28N2O3. The lowest BCUT2D eigenvalue weighted by Gasteiger charge is -2.37. The Morgan fingerprint density at radius 3 is 3.08 bits per heavy atom. The molecule has 1 saturated carbocycles. The normalized spacial score (nSPS) is 26.0. The molecule has 3 rings (SSSR count). The fraction of sp³-hybridized carbons (Fsp3) is 0.632. The number of rotatable bonds is 7. The molecule has 1 aromatic carbocycles. The van der Waals surface area contributed by atoms with Crippen LogP contribution in [-0.4, -0.2) is 39.3 Å². The van der Waals surface area contributed by atoms with Crippen molar-refractivity contribution in [3.8, 4) is 5.75 Å². The van der Waals surface area contributed by atoms with E-state index in [1.165, 1.54) is 6.42 Å². The first-order valence-electron chi connectivity index (χ1n) is 8.95. The van der Waals surface area contributed by atoms with E-state index in [1.54, 1.807) is 7.11 Å². The summed E-state index contributed by atoms with van der Waals surface area (Å²) in [7, 11) is 1.66. The molecule has 0 radical (unpaired) electrons. The first-order valence-corrected chi connectivity index (χ1v) is 8.95. The van der Waals surface area contributed by atoms with Crippen LogP contribution in [0.2, 0.25) is 0 Å². The third-order valence-electron chi connectivity index (χ3n) is 5.45. The zero-order valence-corrected chi connectivity index (χ0v) is 14.5. The standard InChI is InChI=1S/C19H28N2O3/c1-23-10-11-24-17-8-3-2-6-15(17)12-21-18(22)19-9-5-4-7-16(19)13-20-14-19/h2-3,6,8,16,20H,4-5,7,9-14H2,1H3,(H,21,22)/t16-,19+/m0/s1. The fourth-order valence-electron chi connectivity index (χ4n) is 4.07.